The van der Waals surface area contributed by atoms with Crippen molar-refractivity contribution >= 4 is 28.6 Å². The van der Waals surface area contributed by atoms with E-state index in [1.165, 1.54) is 6.07 Å². The predicted octanol–water partition coefficient (Wildman–Crippen LogP) is 4.65. The van der Waals surface area contributed by atoms with Gasteiger partial charge in [0.1, 0.15) is 17.2 Å². The van der Waals surface area contributed by atoms with Gasteiger partial charge in [0.15, 0.2) is 0 Å². The quantitative estimate of drug-likeness (QED) is 0.444. The lowest BCUT2D eigenvalue weighted by Gasteiger charge is -2.16. The Labute approximate surface area is 185 Å². The topological polar surface area (TPSA) is 84.7 Å². The summed E-state index contributed by atoms with van der Waals surface area (Å²) in [7, 11) is 0. The van der Waals surface area contributed by atoms with Crippen LogP contribution < -0.4 is 10.6 Å². The van der Waals surface area contributed by atoms with Gasteiger partial charge in [-0.2, -0.15) is 5.10 Å². The zero-order valence-corrected chi connectivity index (χ0v) is 18.3. The van der Waals surface area contributed by atoms with E-state index in [1.54, 1.807) is 29.9 Å². The van der Waals surface area contributed by atoms with Crippen molar-refractivity contribution in [2.24, 2.45) is 0 Å². The van der Waals surface area contributed by atoms with E-state index in [-0.39, 0.29) is 24.2 Å². The van der Waals surface area contributed by atoms with E-state index in [0.717, 1.165) is 23.2 Å². The van der Waals surface area contributed by atoms with E-state index in [4.69, 9.17) is 0 Å². The van der Waals surface area contributed by atoms with Gasteiger partial charge < -0.3 is 10.6 Å². The number of carbonyl (C=O) groups excluding carboxylic acids is 1. The van der Waals surface area contributed by atoms with Crippen LogP contribution in [0.25, 0.3) is 11.2 Å². The maximum atomic E-state index is 13.4. The van der Waals surface area contributed by atoms with E-state index >= 15 is 0 Å². The van der Waals surface area contributed by atoms with Crippen molar-refractivity contribution in [1.29, 1.82) is 0 Å². The molecular formula is C24H25FN6O. The fraction of sp³-hybridized carbons (Fsp3) is 0.250. The number of rotatable bonds is 7. The number of nitrogens with one attached hydrogen (secondary N) is 2. The number of amides is 1. The van der Waals surface area contributed by atoms with Gasteiger partial charge >= 0.3 is 0 Å². The Morgan fingerprint density at radius 2 is 2.06 bits per heavy atom. The minimum atomic E-state index is -0.272. The molecule has 0 saturated heterocycles. The van der Waals surface area contributed by atoms with Crippen LogP contribution in [-0.2, 0) is 17.8 Å². The second kappa shape index (κ2) is 9.13. The molecule has 2 N–H and O–H groups in total. The SMILES string of the molecule is CCn1cc2ncc(N[C@@H](C)c3cccc(NC(=O)Cc4ccc(F)c(C)c4)c3)nc2n1. The minimum absolute atomic E-state index is 0.0633. The van der Waals surface area contributed by atoms with Gasteiger partial charge in [0.2, 0.25) is 11.6 Å². The highest BCUT2D eigenvalue weighted by atomic mass is 19.1. The van der Waals surface area contributed by atoms with Crippen molar-refractivity contribution in [3.63, 3.8) is 0 Å². The molecule has 8 heteroatoms. The number of aromatic nitrogens is 4. The number of nitrogens with zero attached hydrogens (tertiary/aromatic N) is 4. The minimum Gasteiger partial charge on any atom is -0.362 e. The average molecular weight is 433 g/mol. The second-order valence-electron chi connectivity index (χ2n) is 7.75. The van der Waals surface area contributed by atoms with Crippen molar-refractivity contribution in [3.8, 4) is 0 Å². The van der Waals surface area contributed by atoms with Crippen LogP contribution in [0.3, 0.4) is 0 Å². The van der Waals surface area contributed by atoms with Crippen LogP contribution in [0.15, 0.2) is 54.9 Å². The zero-order chi connectivity index (χ0) is 22.7. The molecule has 1 atom stereocenters. The molecule has 32 heavy (non-hydrogen) atoms. The third-order valence-electron chi connectivity index (χ3n) is 5.22. The number of halogens is 1. The lowest BCUT2D eigenvalue weighted by molar-refractivity contribution is -0.115. The first kappa shape index (κ1) is 21.4. The summed E-state index contributed by atoms with van der Waals surface area (Å²) in [5.41, 5.74) is 4.34. The lowest BCUT2D eigenvalue weighted by atomic mass is 10.1. The highest BCUT2D eigenvalue weighted by Gasteiger charge is 2.11. The Balaban J connectivity index is 1.42. The molecule has 0 aliphatic heterocycles. The van der Waals surface area contributed by atoms with E-state index < -0.39 is 0 Å². The van der Waals surface area contributed by atoms with Gasteiger partial charge in [-0.25, -0.2) is 14.4 Å². The van der Waals surface area contributed by atoms with Gasteiger partial charge in [-0.15, -0.1) is 0 Å². The zero-order valence-electron chi connectivity index (χ0n) is 18.3. The Bertz CT molecular complexity index is 1270. The number of carbonyl (C=O) groups is 1. The Morgan fingerprint density at radius 3 is 2.84 bits per heavy atom. The molecule has 0 spiro atoms. The summed E-state index contributed by atoms with van der Waals surface area (Å²) in [6.07, 6.45) is 3.74. The second-order valence-corrected chi connectivity index (χ2v) is 7.75. The molecule has 4 aromatic rings. The number of anilines is 2. The fourth-order valence-electron chi connectivity index (χ4n) is 3.47. The Hall–Kier alpha value is -3.81. The molecule has 0 unspecified atom stereocenters. The lowest BCUT2D eigenvalue weighted by Crippen LogP contribution is -2.15. The molecule has 0 aliphatic carbocycles. The number of fused-ring (bicyclic) bond motifs is 1. The van der Waals surface area contributed by atoms with Crippen LogP contribution in [0, 0.1) is 12.7 Å². The fourth-order valence-corrected chi connectivity index (χ4v) is 3.47. The predicted molar refractivity (Wildman–Crippen MR) is 123 cm³/mol. The molecule has 164 valence electrons. The molecule has 4 rings (SSSR count). The smallest absolute Gasteiger partial charge is 0.228 e. The van der Waals surface area contributed by atoms with Gasteiger partial charge in [-0.1, -0.05) is 24.3 Å². The molecule has 2 aromatic heterocycles. The van der Waals surface area contributed by atoms with Crippen molar-refractivity contribution in [2.75, 3.05) is 10.6 Å². The first-order valence-electron chi connectivity index (χ1n) is 10.5. The molecule has 1 amide bonds. The average Bonchev–Trinajstić information content (AvgIpc) is 3.19. The molecule has 7 nitrogen and oxygen atoms in total. The Kier molecular flexibility index (Phi) is 6.11. The number of aryl methyl sites for hydroxylation is 2. The third-order valence-corrected chi connectivity index (χ3v) is 5.22. The van der Waals surface area contributed by atoms with Gasteiger partial charge in [0, 0.05) is 12.2 Å². The number of hydrogen-bond acceptors (Lipinski definition) is 5. The molecule has 0 aliphatic rings. The highest BCUT2D eigenvalue weighted by Crippen LogP contribution is 2.22. The normalized spacial score (nSPS) is 12.0. The number of benzene rings is 2. The summed E-state index contributed by atoms with van der Waals surface area (Å²) < 4.78 is 15.2. The summed E-state index contributed by atoms with van der Waals surface area (Å²) in [6, 6.07) is 12.3. The van der Waals surface area contributed by atoms with E-state index in [0.29, 0.717) is 22.7 Å². The summed E-state index contributed by atoms with van der Waals surface area (Å²) >= 11 is 0. The maximum Gasteiger partial charge on any atom is 0.228 e. The first-order valence-corrected chi connectivity index (χ1v) is 10.5. The van der Waals surface area contributed by atoms with Crippen molar-refractivity contribution < 1.29 is 9.18 Å². The largest absolute Gasteiger partial charge is 0.362 e. The van der Waals surface area contributed by atoms with Gasteiger partial charge in [-0.3, -0.25) is 9.48 Å². The van der Waals surface area contributed by atoms with Crippen LogP contribution in [0.2, 0.25) is 0 Å². The van der Waals surface area contributed by atoms with Crippen LogP contribution in [0.1, 0.15) is 36.6 Å². The number of hydrogen-bond donors (Lipinski definition) is 2. The van der Waals surface area contributed by atoms with Crippen molar-refractivity contribution in [1.82, 2.24) is 19.7 Å². The van der Waals surface area contributed by atoms with Crippen LogP contribution in [0.5, 0.6) is 0 Å². The van der Waals surface area contributed by atoms with Crippen molar-refractivity contribution in [2.45, 2.75) is 39.8 Å². The summed E-state index contributed by atoms with van der Waals surface area (Å²) in [5, 5.41) is 10.7. The summed E-state index contributed by atoms with van der Waals surface area (Å²) in [5.74, 6) is 0.204. The van der Waals surface area contributed by atoms with E-state index in [2.05, 4.69) is 25.7 Å². The van der Waals surface area contributed by atoms with Crippen LogP contribution in [0.4, 0.5) is 15.9 Å². The van der Waals surface area contributed by atoms with E-state index in [1.807, 2.05) is 44.3 Å². The molecular weight excluding hydrogens is 407 g/mol. The van der Waals surface area contributed by atoms with Crippen molar-refractivity contribution in [3.05, 3.63) is 77.4 Å². The monoisotopic (exact) mass is 432 g/mol. The van der Waals surface area contributed by atoms with Gasteiger partial charge in [0.05, 0.1) is 24.9 Å². The molecule has 0 saturated carbocycles. The third kappa shape index (κ3) is 4.91. The summed E-state index contributed by atoms with van der Waals surface area (Å²) in [6.45, 7) is 6.47. The maximum absolute atomic E-state index is 13.4. The summed E-state index contributed by atoms with van der Waals surface area (Å²) in [4.78, 5) is 21.4. The molecule has 2 heterocycles. The van der Waals surface area contributed by atoms with Crippen LogP contribution in [-0.4, -0.2) is 25.7 Å². The highest BCUT2D eigenvalue weighted by molar-refractivity contribution is 5.92. The molecule has 0 radical (unpaired) electrons. The van der Waals surface area contributed by atoms with E-state index in [9.17, 15) is 9.18 Å². The standard InChI is InChI=1S/C24H25FN6O/c1-4-31-14-21-24(30-31)29-22(13-26-21)27-16(3)18-6-5-7-19(12-18)28-23(32)11-17-8-9-20(25)15(2)10-17/h5-10,12-14,16H,4,11H2,1-3H3,(H,28,32)(H,27,29,30)/t16-/m0/s1. The molecule has 2 aromatic carbocycles. The van der Waals surface area contributed by atoms with Gasteiger partial charge in [0.25, 0.3) is 0 Å². The molecule has 0 fully saturated rings. The van der Waals surface area contributed by atoms with Gasteiger partial charge in [-0.05, 0) is 55.7 Å². The Morgan fingerprint density at radius 1 is 1.22 bits per heavy atom. The van der Waals surface area contributed by atoms with Crippen LogP contribution >= 0.6 is 0 Å². The first-order chi connectivity index (χ1) is 15.4. The molecule has 0 bridgehead atoms.